The van der Waals surface area contributed by atoms with E-state index >= 15 is 0 Å². The number of ether oxygens (including phenoxy) is 1. The van der Waals surface area contributed by atoms with Gasteiger partial charge in [0.1, 0.15) is 0 Å². The summed E-state index contributed by atoms with van der Waals surface area (Å²) in [5.41, 5.74) is 4.69. The molecule has 0 atom stereocenters. The Bertz CT molecular complexity index is 928. The zero-order chi connectivity index (χ0) is 17.1. The molecule has 1 aromatic heterocycles. The number of para-hydroxylation sites is 1. The predicted molar refractivity (Wildman–Crippen MR) is 92.6 cm³/mol. The first-order valence-corrected chi connectivity index (χ1v) is 7.34. The zero-order valence-electron chi connectivity index (χ0n) is 13.4. The fourth-order valence-corrected chi connectivity index (χ4v) is 2.54. The second-order valence-corrected chi connectivity index (χ2v) is 5.30. The number of rotatable bonds is 4. The molecule has 24 heavy (non-hydrogen) atoms. The van der Waals surface area contributed by atoms with Crippen molar-refractivity contribution in [3.63, 3.8) is 0 Å². The quantitative estimate of drug-likeness (QED) is 0.572. The van der Waals surface area contributed by atoms with E-state index < -0.39 is 0 Å². The van der Waals surface area contributed by atoms with Crippen molar-refractivity contribution in [3.8, 4) is 11.5 Å². The average Bonchev–Trinajstić information content (AvgIpc) is 2.92. The number of carbonyl (C=O) groups excluding carboxylic acids is 1. The van der Waals surface area contributed by atoms with E-state index in [1.807, 2.05) is 35.9 Å². The Hall–Kier alpha value is -3.28. The molecule has 0 aliphatic carbocycles. The molecule has 0 aliphatic rings. The number of hydrogen-bond acceptors (Lipinski definition) is 4. The number of carbonyl (C=O) groups is 1. The van der Waals surface area contributed by atoms with Gasteiger partial charge in [0.15, 0.2) is 11.5 Å². The standard InChI is InChI=1S/C18H17N3O3/c1-21-11-14(13-5-3-4-6-15(13)21)18(23)20-19-10-12-7-8-17(24-2)16(22)9-12/h3-11,22H,1-2H3,(H,20,23)/b19-10+. The molecule has 1 heterocycles. The van der Waals surface area contributed by atoms with Crippen molar-refractivity contribution in [2.45, 2.75) is 0 Å². The van der Waals surface area contributed by atoms with Crippen LogP contribution in [0, 0.1) is 0 Å². The molecule has 1 amide bonds. The largest absolute Gasteiger partial charge is 0.504 e. The van der Waals surface area contributed by atoms with Gasteiger partial charge in [0.05, 0.1) is 18.9 Å². The summed E-state index contributed by atoms with van der Waals surface area (Å²) in [6, 6.07) is 12.5. The van der Waals surface area contributed by atoms with Gasteiger partial charge in [-0.2, -0.15) is 5.10 Å². The second-order valence-electron chi connectivity index (χ2n) is 5.30. The lowest BCUT2D eigenvalue weighted by Crippen LogP contribution is -2.17. The first kappa shape index (κ1) is 15.6. The molecule has 0 bridgehead atoms. The number of fused-ring (bicyclic) bond motifs is 1. The monoisotopic (exact) mass is 323 g/mol. The number of hydrogen-bond donors (Lipinski definition) is 2. The van der Waals surface area contributed by atoms with E-state index in [-0.39, 0.29) is 11.7 Å². The molecule has 0 spiro atoms. The summed E-state index contributed by atoms with van der Waals surface area (Å²) < 4.78 is 6.88. The maximum absolute atomic E-state index is 12.3. The number of phenols is 1. The third-order valence-corrected chi connectivity index (χ3v) is 3.72. The third kappa shape index (κ3) is 2.94. The molecule has 0 unspecified atom stereocenters. The van der Waals surface area contributed by atoms with Gasteiger partial charge < -0.3 is 14.4 Å². The molecule has 0 aliphatic heterocycles. The highest BCUT2D eigenvalue weighted by Gasteiger charge is 2.12. The van der Waals surface area contributed by atoms with Crippen LogP contribution in [-0.4, -0.2) is 28.9 Å². The van der Waals surface area contributed by atoms with Crippen molar-refractivity contribution in [2.75, 3.05) is 7.11 Å². The van der Waals surface area contributed by atoms with E-state index in [1.165, 1.54) is 19.4 Å². The second kappa shape index (κ2) is 6.45. The molecule has 6 nitrogen and oxygen atoms in total. The Morgan fingerprint density at radius 3 is 2.83 bits per heavy atom. The van der Waals surface area contributed by atoms with E-state index in [2.05, 4.69) is 10.5 Å². The third-order valence-electron chi connectivity index (χ3n) is 3.72. The lowest BCUT2D eigenvalue weighted by Gasteiger charge is -2.03. The van der Waals surface area contributed by atoms with Crippen molar-refractivity contribution >= 4 is 23.0 Å². The molecular weight excluding hydrogens is 306 g/mol. The van der Waals surface area contributed by atoms with Gasteiger partial charge in [-0.05, 0) is 29.8 Å². The van der Waals surface area contributed by atoms with Crippen LogP contribution >= 0.6 is 0 Å². The Balaban J connectivity index is 1.76. The van der Waals surface area contributed by atoms with Crippen LogP contribution in [0.4, 0.5) is 0 Å². The summed E-state index contributed by atoms with van der Waals surface area (Å²) in [7, 11) is 3.37. The number of amides is 1. The Labute approximate surface area is 139 Å². The highest BCUT2D eigenvalue weighted by atomic mass is 16.5. The minimum atomic E-state index is -0.291. The molecule has 122 valence electrons. The van der Waals surface area contributed by atoms with E-state index in [0.717, 1.165) is 10.9 Å². The lowest BCUT2D eigenvalue weighted by atomic mass is 10.2. The Morgan fingerprint density at radius 2 is 2.08 bits per heavy atom. The number of benzene rings is 2. The maximum atomic E-state index is 12.3. The number of aromatic hydroxyl groups is 1. The number of methoxy groups -OCH3 is 1. The summed E-state index contributed by atoms with van der Waals surface area (Å²) in [5, 5.41) is 14.5. The highest BCUT2D eigenvalue weighted by molar-refractivity contribution is 6.07. The van der Waals surface area contributed by atoms with E-state index in [0.29, 0.717) is 16.9 Å². The van der Waals surface area contributed by atoms with Crippen LogP contribution in [-0.2, 0) is 7.05 Å². The molecule has 3 rings (SSSR count). The van der Waals surface area contributed by atoms with Crippen molar-refractivity contribution < 1.29 is 14.6 Å². The van der Waals surface area contributed by atoms with Crippen LogP contribution in [0.3, 0.4) is 0 Å². The van der Waals surface area contributed by atoms with Gasteiger partial charge in [0, 0.05) is 24.1 Å². The van der Waals surface area contributed by atoms with Crippen molar-refractivity contribution in [1.82, 2.24) is 9.99 Å². The highest BCUT2D eigenvalue weighted by Crippen LogP contribution is 2.25. The molecule has 0 radical (unpaired) electrons. The zero-order valence-corrected chi connectivity index (χ0v) is 13.4. The van der Waals surface area contributed by atoms with Crippen LogP contribution in [0.15, 0.2) is 53.8 Å². The van der Waals surface area contributed by atoms with E-state index in [1.54, 1.807) is 18.3 Å². The summed E-state index contributed by atoms with van der Waals surface area (Å²) in [4.78, 5) is 12.3. The van der Waals surface area contributed by atoms with Crippen molar-refractivity contribution in [1.29, 1.82) is 0 Å². The fourth-order valence-electron chi connectivity index (χ4n) is 2.54. The lowest BCUT2D eigenvalue weighted by molar-refractivity contribution is 0.0956. The maximum Gasteiger partial charge on any atom is 0.273 e. The summed E-state index contributed by atoms with van der Waals surface area (Å²) >= 11 is 0. The number of aryl methyl sites for hydroxylation is 1. The SMILES string of the molecule is COc1ccc(/C=N/NC(=O)c2cn(C)c3ccccc23)cc1O. The number of aromatic nitrogens is 1. The van der Waals surface area contributed by atoms with E-state index in [4.69, 9.17) is 4.74 Å². The first-order chi connectivity index (χ1) is 11.6. The van der Waals surface area contributed by atoms with Crippen LogP contribution in [0.2, 0.25) is 0 Å². The van der Waals surface area contributed by atoms with Crippen LogP contribution in [0.25, 0.3) is 10.9 Å². The van der Waals surface area contributed by atoms with Gasteiger partial charge >= 0.3 is 0 Å². The van der Waals surface area contributed by atoms with Gasteiger partial charge in [-0.25, -0.2) is 5.43 Å². The van der Waals surface area contributed by atoms with Crippen LogP contribution in [0.1, 0.15) is 15.9 Å². The average molecular weight is 323 g/mol. The van der Waals surface area contributed by atoms with Crippen LogP contribution in [0.5, 0.6) is 11.5 Å². The number of nitrogens with one attached hydrogen (secondary N) is 1. The molecular formula is C18H17N3O3. The van der Waals surface area contributed by atoms with Gasteiger partial charge in [-0.15, -0.1) is 0 Å². The summed E-state index contributed by atoms with van der Waals surface area (Å²) in [5.74, 6) is 0.106. The molecule has 2 aromatic carbocycles. The summed E-state index contributed by atoms with van der Waals surface area (Å²) in [6.07, 6.45) is 3.23. The normalized spacial score (nSPS) is 11.1. The first-order valence-electron chi connectivity index (χ1n) is 7.34. The van der Waals surface area contributed by atoms with Gasteiger partial charge in [0.25, 0.3) is 5.91 Å². The Morgan fingerprint density at radius 1 is 1.29 bits per heavy atom. The van der Waals surface area contributed by atoms with Crippen molar-refractivity contribution in [2.24, 2.45) is 12.1 Å². The van der Waals surface area contributed by atoms with Crippen LogP contribution < -0.4 is 10.2 Å². The van der Waals surface area contributed by atoms with E-state index in [9.17, 15) is 9.90 Å². The number of hydrazone groups is 1. The topological polar surface area (TPSA) is 75.8 Å². The molecule has 3 aromatic rings. The Kier molecular flexibility index (Phi) is 4.20. The van der Waals surface area contributed by atoms with Gasteiger partial charge in [0.2, 0.25) is 0 Å². The number of nitrogens with zero attached hydrogens (tertiary/aromatic N) is 2. The minimum absolute atomic E-state index is 0.0156. The summed E-state index contributed by atoms with van der Waals surface area (Å²) in [6.45, 7) is 0. The molecule has 0 saturated carbocycles. The van der Waals surface area contributed by atoms with Crippen molar-refractivity contribution in [3.05, 3.63) is 59.8 Å². The molecule has 0 fully saturated rings. The smallest absolute Gasteiger partial charge is 0.273 e. The molecule has 6 heteroatoms. The molecule has 0 saturated heterocycles. The molecule has 2 N–H and O–H groups in total. The predicted octanol–water partition coefficient (Wildman–Crippen LogP) is 2.66. The number of phenolic OH excluding ortho intramolecular Hbond substituents is 1. The minimum Gasteiger partial charge on any atom is -0.504 e. The van der Waals surface area contributed by atoms with Gasteiger partial charge in [-0.1, -0.05) is 18.2 Å². The fraction of sp³-hybridized carbons (Fsp3) is 0.111. The van der Waals surface area contributed by atoms with Gasteiger partial charge in [-0.3, -0.25) is 4.79 Å².